The first-order valence-corrected chi connectivity index (χ1v) is 5.73. The lowest BCUT2D eigenvalue weighted by Crippen LogP contribution is -2.11. The van der Waals surface area contributed by atoms with E-state index in [9.17, 15) is 5.11 Å². The van der Waals surface area contributed by atoms with Gasteiger partial charge in [0.15, 0.2) is 0 Å². The van der Waals surface area contributed by atoms with Crippen LogP contribution < -0.4 is 0 Å². The van der Waals surface area contributed by atoms with Gasteiger partial charge in [0, 0.05) is 11.8 Å². The van der Waals surface area contributed by atoms with Crippen LogP contribution >= 0.6 is 0 Å². The number of aromatic hydroxyl groups is 1. The van der Waals surface area contributed by atoms with Gasteiger partial charge in [-0.3, -0.25) is 4.98 Å². The number of aromatic nitrogens is 1. The highest BCUT2D eigenvalue weighted by molar-refractivity contribution is 5.61. The van der Waals surface area contributed by atoms with Crippen molar-refractivity contribution in [2.45, 2.75) is 26.2 Å². The van der Waals surface area contributed by atoms with Crippen LogP contribution in [0.15, 0.2) is 42.6 Å². The van der Waals surface area contributed by atoms with Crippen molar-refractivity contribution in [2.24, 2.45) is 0 Å². The largest absolute Gasteiger partial charge is 0.508 e. The van der Waals surface area contributed by atoms with Gasteiger partial charge in [0.25, 0.3) is 0 Å². The molecule has 0 aliphatic rings. The van der Waals surface area contributed by atoms with Gasteiger partial charge in [-0.2, -0.15) is 0 Å². The lowest BCUT2D eigenvalue weighted by Gasteiger charge is -2.19. The maximum absolute atomic E-state index is 9.48. The summed E-state index contributed by atoms with van der Waals surface area (Å²) in [6.07, 6.45) is 1.82. The highest BCUT2D eigenvalue weighted by Crippen LogP contribution is 2.27. The molecule has 0 spiro atoms. The molecule has 0 saturated heterocycles. The zero-order chi connectivity index (χ0) is 12.5. The molecule has 0 saturated carbocycles. The Morgan fingerprint density at radius 1 is 1.06 bits per heavy atom. The van der Waals surface area contributed by atoms with Gasteiger partial charge in [-0.1, -0.05) is 32.9 Å². The molecule has 0 unspecified atom stereocenters. The molecule has 1 aromatic carbocycles. The molecule has 0 aliphatic heterocycles. The maximum Gasteiger partial charge on any atom is 0.116 e. The Labute approximate surface area is 102 Å². The minimum Gasteiger partial charge on any atom is -0.508 e. The first kappa shape index (κ1) is 11.6. The second kappa shape index (κ2) is 4.21. The van der Waals surface area contributed by atoms with Gasteiger partial charge in [-0.05, 0) is 35.2 Å². The predicted molar refractivity (Wildman–Crippen MR) is 70.0 cm³/mol. The summed E-state index contributed by atoms with van der Waals surface area (Å²) >= 11 is 0. The molecule has 0 radical (unpaired) electrons. The van der Waals surface area contributed by atoms with E-state index in [4.69, 9.17) is 0 Å². The SMILES string of the molecule is CC(C)(C)c1ccnc(-c2cccc(O)c2)c1. The lowest BCUT2D eigenvalue weighted by atomic mass is 9.87. The molecule has 17 heavy (non-hydrogen) atoms. The van der Waals surface area contributed by atoms with Crippen molar-refractivity contribution in [3.8, 4) is 17.0 Å². The molecule has 0 amide bonds. The minimum absolute atomic E-state index is 0.106. The van der Waals surface area contributed by atoms with Crippen molar-refractivity contribution in [3.63, 3.8) is 0 Å². The topological polar surface area (TPSA) is 33.1 Å². The van der Waals surface area contributed by atoms with E-state index in [1.165, 1.54) is 5.56 Å². The first-order valence-electron chi connectivity index (χ1n) is 5.73. The van der Waals surface area contributed by atoms with Gasteiger partial charge in [-0.15, -0.1) is 0 Å². The molecule has 0 bridgehead atoms. The summed E-state index contributed by atoms with van der Waals surface area (Å²) in [5.74, 6) is 0.269. The number of benzene rings is 1. The zero-order valence-electron chi connectivity index (χ0n) is 10.4. The summed E-state index contributed by atoms with van der Waals surface area (Å²) in [5, 5.41) is 9.48. The molecule has 0 fully saturated rings. The Balaban J connectivity index is 2.47. The average Bonchev–Trinajstić information content (AvgIpc) is 2.28. The lowest BCUT2D eigenvalue weighted by molar-refractivity contribution is 0.475. The number of nitrogens with zero attached hydrogens (tertiary/aromatic N) is 1. The average molecular weight is 227 g/mol. The van der Waals surface area contributed by atoms with E-state index in [0.717, 1.165) is 11.3 Å². The van der Waals surface area contributed by atoms with Crippen LogP contribution in [0.3, 0.4) is 0 Å². The Hall–Kier alpha value is -1.83. The highest BCUT2D eigenvalue weighted by Gasteiger charge is 2.14. The number of rotatable bonds is 1. The van der Waals surface area contributed by atoms with Crippen molar-refractivity contribution in [3.05, 3.63) is 48.2 Å². The minimum atomic E-state index is 0.106. The van der Waals surface area contributed by atoms with Gasteiger partial charge >= 0.3 is 0 Å². The van der Waals surface area contributed by atoms with Crippen LogP contribution in [-0.2, 0) is 5.41 Å². The van der Waals surface area contributed by atoms with E-state index in [2.05, 4.69) is 31.8 Å². The van der Waals surface area contributed by atoms with E-state index in [1.807, 2.05) is 24.4 Å². The monoisotopic (exact) mass is 227 g/mol. The van der Waals surface area contributed by atoms with Crippen LogP contribution in [0, 0.1) is 0 Å². The van der Waals surface area contributed by atoms with E-state index >= 15 is 0 Å². The molecule has 1 heterocycles. The van der Waals surface area contributed by atoms with Gasteiger partial charge in [0.2, 0.25) is 0 Å². The van der Waals surface area contributed by atoms with Crippen LogP contribution in [0.25, 0.3) is 11.3 Å². The molecule has 0 aliphatic carbocycles. The summed E-state index contributed by atoms with van der Waals surface area (Å²) in [7, 11) is 0. The third-order valence-electron chi connectivity index (χ3n) is 2.77. The van der Waals surface area contributed by atoms with Crippen LogP contribution in [-0.4, -0.2) is 10.1 Å². The second-order valence-electron chi connectivity index (χ2n) is 5.23. The van der Waals surface area contributed by atoms with Gasteiger partial charge in [0.1, 0.15) is 5.75 Å². The van der Waals surface area contributed by atoms with Crippen LogP contribution in [0.2, 0.25) is 0 Å². The van der Waals surface area contributed by atoms with E-state index in [0.29, 0.717) is 0 Å². The van der Waals surface area contributed by atoms with Crippen LogP contribution in [0.1, 0.15) is 26.3 Å². The van der Waals surface area contributed by atoms with Crippen molar-refractivity contribution in [2.75, 3.05) is 0 Å². The quantitative estimate of drug-likeness (QED) is 0.804. The van der Waals surface area contributed by atoms with Gasteiger partial charge in [0.05, 0.1) is 5.69 Å². The van der Waals surface area contributed by atoms with Crippen molar-refractivity contribution >= 4 is 0 Å². The zero-order valence-corrected chi connectivity index (χ0v) is 10.4. The molecule has 2 rings (SSSR count). The molecule has 1 aromatic heterocycles. The summed E-state index contributed by atoms with van der Waals surface area (Å²) in [4.78, 5) is 4.35. The van der Waals surface area contributed by atoms with Crippen molar-refractivity contribution in [1.82, 2.24) is 4.98 Å². The van der Waals surface area contributed by atoms with Crippen molar-refractivity contribution in [1.29, 1.82) is 0 Å². The van der Waals surface area contributed by atoms with E-state index in [1.54, 1.807) is 12.1 Å². The molecule has 2 aromatic rings. The summed E-state index contributed by atoms with van der Waals surface area (Å²) < 4.78 is 0. The third-order valence-corrected chi connectivity index (χ3v) is 2.77. The molecule has 2 heteroatoms. The predicted octanol–water partition coefficient (Wildman–Crippen LogP) is 3.75. The number of hydrogen-bond donors (Lipinski definition) is 1. The first-order chi connectivity index (χ1) is 7.97. The van der Waals surface area contributed by atoms with Gasteiger partial charge < -0.3 is 5.11 Å². The smallest absolute Gasteiger partial charge is 0.116 e. The molecular formula is C15H17NO. The Bertz CT molecular complexity index is 526. The standard InChI is InChI=1S/C15H17NO/c1-15(2,3)12-7-8-16-14(10-12)11-5-4-6-13(17)9-11/h4-10,17H,1-3H3. The van der Waals surface area contributed by atoms with E-state index < -0.39 is 0 Å². The molecule has 0 atom stereocenters. The number of pyridine rings is 1. The van der Waals surface area contributed by atoms with Crippen molar-refractivity contribution < 1.29 is 5.11 Å². The Kier molecular flexibility index (Phi) is 2.88. The fourth-order valence-corrected chi connectivity index (χ4v) is 1.72. The fraction of sp³-hybridized carbons (Fsp3) is 0.267. The van der Waals surface area contributed by atoms with E-state index in [-0.39, 0.29) is 11.2 Å². The highest BCUT2D eigenvalue weighted by atomic mass is 16.3. The summed E-state index contributed by atoms with van der Waals surface area (Å²) in [5.41, 5.74) is 3.18. The molecular weight excluding hydrogens is 210 g/mol. The normalized spacial score (nSPS) is 11.5. The molecule has 1 N–H and O–H groups in total. The van der Waals surface area contributed by atoms with Crippen LogP contribution in [0.4, 0.5) is 0 Å². The molecule has 2 nitrogen and oxygen atoms in total. The number of phenols is 1. The Morgan fingerprint density at radius 2 is 1.82 bits per heavy atom. The fourth-order valence-electron chi connectivity index (χ4n) is 1.72. The van der Waals surface area contributed by atoms with Gasteiger partial charge in [-0.25, -0.2) is 0 Å². The Morgan fingerprint density at radius 3 is 2.47 bits per heavy atom. The van der Waals surface area contributed by atoms with Crippen LogP contribution in [0.5, 0.6) is 5.75 Å². The summed E-state index contributed by atoms with van der Waals surface area (Å²) in [6, 6.07) is 11.3. The third kappa shape index (κ3) is 2.64. The number of phenolic OH excluding ortho intramolecular Hbond substituents is 1. The summed E-state index contributed by atoms with van der Waals surface area (Å²) in [6.45, 7) is 6.53. The second-order valence-corrected chi connectivity index (χ2v) is 5.23. The number of hydrogen-bond acceptors (Lipinski definition) is 2. The molecule has 88 valence electrons. The maximum atomic E-state index is 9.48.